The van der Waals surface area contributed by atoms with Gasteiger partial charge in [-0.25, -0.2) is 0 Å². The molecule has 0 aromatic heterocycles. The van der Waals surface area contributed by atoms with Crippen LogP contribution in [-0.4, -0.2) is 124 Å². The molecule has 11 heteroatoms. The van der Waals surface area contributed by atoms with Gasteiger partial charge in [0.1, 0.15) is 6.04 Å². The van der Waals surface area contributed by atoms with Crippen LogP contribution in [-0.2, 0) is 19.1 Å². The van der Waals surface area contributed by atoms with Crippen molar-refractivity contribution in [3.63, 3.8) is 0 Å². The summed E-state index contributed by atoms with van der Waals surface area (Å²) in [6.45, 7) is 14.1. The van der Waals surface area contributed by atoms with Crippen LogP contribution in [0.15, 0.2) is 55.6 Å². The maximum absolute atomic E-state index is 14.6. The van der Waals surface area contributed by atoms with Gasteiger partial charge in [-0.1, -0.05) is 46.3 Å². The zero-order valence-corrected chi connectivity index (χ0v) is 26.5. The van der Waals surface area contributed by atoms with Crippen molar-refractivity contribution in [3.05, 3.63) is 55.6 Å². The lowest BCUT2D eigenvalue weighted by molar-refractivity contribution is -0.145. The molecule has 0 radical (unpaired) electrons. The molecule has 4 fully saturated rings. The number of rotatable bonds is 12. The minimum absolute atomic E-state index is 0.0391. The van der Waals surface area contributed by atoms with Crippen molar-refractivity contribution in [2.75, 3.05) is 64.0 Å². The van der Waals surface area contributed by atoms with Crippen LogP contribution in [0.25, 0.3) is 0 Å². The quantitative estimate of drug-likeness (QED) is 0.272. The predicted molar refractivity (Wildman–Crippen MR) is 169 cm³/mol. The number of likely N-dealkylation sites (tertiary alicyclic amines) is 1. The summed E-state index contributed by atoms with van der Waals surface area (Å²) in [6, 6.07) is 8.07. The molecule has 4 heterocycles. The van der Waals surface area contributed by atoms with Crippen molar-refractivity contribution in [2.45, 2.75) is 40.3 Å². The third kappa shape index (κ3) is 5.47. The molecule has 4 aliphatic heterocycles. The zero-order chi connectivity index (χ0) is 30.0. The fourth-order valence-corrected chi connectivity index (χ4v) is 10.7. The molecular formula is C31H41BrN4O5S. The number of carbonyl (C=O) groups is 3. The van der Waals surface area contributed by atoms with Gasteiger partial charge >= 0.3 is 0 Å². The van der Waals surface area contributed by atoms with Crippen molar-refractivity contribution >= 4 is 51.1 Å². The highest BCUT2D eigenvalue weighted by atomic mass is 79.9. The summed E-state index contributed by atoms with van der Waals surface area (Å²) in [5, 5.41) is 10.1. The van der Waals surface area contributed by atoms with Gasteiger partial charge in [-0.15, -0.1) is 24.9 Å². The Morgan fingerprint density at radius 1 is 1.19 bits per heavy atom. The van der Waals surface area contributed by atoms with E-state index in [-0.39, 0.29) is 34.4 Å². The molecule has 0 aliphatic carbocycles. The first-order valence-electron chi connectivity index (χ1n) is 14.7. The van der Waals surface area contributed by atoms with E-state index in [1.54, 1.807) is 45.5 Å². The number of nitrogens with zero attached hydrogens (tertiary/aromatic N) is 4. The SMILES string of the molecule is C=CCN(CCN1CCOCC1)C(=O)C1N([C@H](C)CO)C(=O)[C@@H]2[C@@H](C(=O)N(CC=C)c3ccccc3)[C@@H]3SC12CC3Br. The molecule has 1 N–H and O–H groups in total. The Morgan fingerprint density at radius 3 is 2.52 bits per heavy atom. The average Bonchev–Trinajstić information content (AvgIpc) is 3.61. The van der Waals surface area contributed by atoms with Gasteiger partial charge in [0, 0.05) is 55.0 Å². The van der Waals surface area contributed by atoms with Crippen molar-refractivity contribution in [2.24, 2.45) is 11.8 Å². The molecule has 2 bridgehead atoms. The van der Waals surface area contributed by atoms with Crippen LogP contribution in [0.4, 0.5) is 5.69 Å². The number of para-hydroxylation sites is 1. The van der Waals surface area contributed by atoms with Crippen LogP contribution in [0, 0.1) is 11.8 Å². The van der Waals surface area contributed by atoms with Gasteiger partial charge in [-0.05, 0) is 25.5 Å². The van der Waals surface area contributed by atoms with Gasteiger partial charge in [-0.3, -0.25) is 19.3 Å². The van der Waals surface area contributed by atoms with Gasteiger partial charge in [-0.2, -0.15) is 0 Å². The minimum Gasteiger partial charge on any atom is -0.394 e. The van der Waals surface area contributed by atoms with Crippen LogP contribution in [0.5, 0.6) is 0 Å². The molecule has 1 spiro atoms. The molecule has 4 saturated heterocycles. The molecule has 4 aliphatic rings. The second-order valence-electron chi connectivity index (χ2n) is 11.5. The topological polar surface area (TPSA) is 93.6 Å². The highest BCUT2D eigenvalue weighted by Crippen LogP contribution is 2.68. The zero-order valence-electron chi connectivity index (χ0n) is 24.1. The highest BCUT2D eigenvalue weighted by Gasteiger charge is 2.76. The first kappa shape index (κ1) is 31.3. The number of alkyl halides is 1. The van der Waals surface area contributed by atoms with Crippen LogP contribution in [0.3, 0.4) is 0 Å². The number of halogens is 1. The van der Waals surface area contributed by atoms with E-state index in [1.807, 2.05) is 30.3 Å². The number of anilines is 1. The Hall–Kier alpha value is -2.18. The number of hydrogen-bond acceptors (Lipinski definition) is 7. The van der Waals surface area contributed by atoms with Crippen LogP contribution < -0.4 is 4.90 Å². The third-order valence-corrected chi connectivity index (χ3v) is 12.3. The Balaban J connectivity index is 1.50. The van der Waals surface area contributed by atoms with E-state index >= 15 is 0 Å². The van der Waals surface area contributed by atoms with Crippen molar-refractivity contribution in [3.8, 4) is 0 Å². The van der Waals surface area contributed by atoms with Crippen LogP contribution in [0.2, 0.25) is 0 Å². The lowest BCUT2D eigenvalue weighted by Crippen LogP contribution is -2.58. The van der Waals surface area contributed by atoms with Crippen molar-refractivity contribution in [1.29, 1.82) is 0 Å². The number of thioether (sulfide) groups is 1. The van der Waals surface area contributed by atoms with Gasteiger partial charge < -0.3 is 24.5 Å². The highest BCUT2D eigenvalue weighted by molar-refractivity contribution is 9.09. The Labute approximate surface area is 261 Å². The van der Waals surface area contributed by atoms with E-state index in [9.17, 15) is 19.5 Å². The molecular weight excluding hydrogens is 620 g/mol. The van der Waals surface area contributed by atoms with E-state index in [1.165, 1.54) is 0 Å². The summed E-state index contributed by atoms with van der Waals surface area (Å²) in [4.78, 5) is 50.7. The summed E-state index contributed by atoms with van der Waals surface area (Å²) in [6.07, 6.45) is 4.00. The first-order chi connectivity index (χ1) is 20.3. The number of carbonyl (C=O) groups excluding carboxylic acids is 3. The molecule has 5 rings (SSSR count). The predicted octanol–water partition coefficient (Wildman–Crippen LogP) is 2.40. The van der Waals surface area contributed by atoms with E-state index < -0.39 is 28.7 Å². The summed E-state index contributed by atoms with van der Waals surface area (Å²) in [5.41, 5.74) is 0.745. The molecule has 3 unspecified atom stereocenters. The monoisotopic (exact) mass is 660 g/mol. The van der Waals surface area contributed by atoms with E-state index in [2.05, 4.69) is 34.0 Å². The minimum atomic E-state index is -0.792. The van der Waals surface area contributed by atoms with Gasteiger partial charge in [0.05, 0.1) is 42.4 Å². The Kier molecular flexibility index (Phi) is 9.83. The average molecular weight is 662 g/mol. The maximum atomic E-state index is 14.6. The van der Waals surface area contributed by atoms with Gasteiger partial charge in [0.15, 0.2) is 0 Å². The fraction of sp³-hybridized carbons (Fsp3) is 0.581. The Bertz CT molecular complexity index is 1180. The number of aliphatic hydroxyl groups is 1. The number of amides is 3. The van der Waals surface area contributed by atoms with E-state index in [4.69, 9.17) is 4.74 Å². The number of hydrogen-bond donors (Lipinski definition) is 1. The molecule has 7 atom stereocenters. The summed E-state index contributed by atoms with van der Waals surface area (Å²) in [5.74, 6) is -1.79. The van der Waals surface area contributed by atoms with Crippen molar-refractivity contribution < 1.29 is 24.2 Å². The molecule has 3 amide bonds. The van der Waals surface area contributed by atoms with Crippen molar-refractivity contribution in [1.82, 2.24) is 14.7 Å². The Morgan fingerprint density at radius 2 is 1.88 bits per heavy atom. The molecule has 42 heavy (non-hydrogen) atoms. The summed E-state index contributed by atoms with van der Waals surface area (Å²) in [7, 11) is 0. The summed E-state index contributed by atoms with van der Waals surface area (Å²) >= 11 is 5.46. The summed E-state index contributed by atoms with van der Waals surface area (Å²) < 4.78 is 4.69. The largest absolute Gasteiger partial charge is 0.394 e. The van der Waals surface area contributed by atoms with Crippen LogP contribution in [0.1, 0.15) is 13.3 Å². The smallest absolute Gasteiger partial charge is 0.247 e. The number of benzene rings is 1. The molecule has 1 aromatic rings. The first-order valence-corrected chi connectivity index (χ1v) is 16.5. The third-order valence-electron chi connectivity index (χ3n) is 9.08. The lowest BCUT2D eigenvalue weighted by atomic mass is 9.70. The van der Waals surface area contributed by atoms with Gasteiger partial charge in [0.25, 0.3) is 0 Å². The number of fused-ring (bicyclic) bond motifs is 1. The molecule has 0 saturated carbocycles. The van der Waals surface area contributed by atoms with Crippen LogP contribution >= 0.6 is 27.7 Å². The molecule has 9 nitrogen and oxygen atoms in total. The number of ether oxygens (including phenoxy) is 1. The number of aliphatic hydroxyl groups excluding tert-OH is 1. The van der Waals surface area contributed by atoms with E-state index in [0.29, 0.717) is 45.8 Å². The lowest BCUT2D eigenvalue weighted by Gasteiger charge is -2.40. The van der Waals surface area contributed by atoms with E-state index in [0.717, 1.165) is 18.8 Å². The molecule has 1 aromatic carbocycles. The second-order valence-corrected chi connectivity index (χ2v) is 14.3. The number of morpholine rings is 1. The van der Waals surface area contributed by atoms with Gasteiger partial charge in [0.2, 0.25) is 17.7 Å². The maximum Gasteiger partial charge on any atom is 0.247 e. The second kappa shape index (κ2) is 13.2. The fourth-order valence-electron chi connectivity index (χ4n) is 7.14. The molecule has 228 valence electrons. The standard InChI is InChI=1S/C31H41BrN4O5S/c1-4-11-34(14-13-33-15-17-41-18-16-33)30(40)27-31-19-23(32)26(42-31)24(25(31)29(39)36(27)21(3)20-37)28(38)35(12-5-2)22-9-7-6-8-10-22/h4-10,21,23-27,37H,1-2,11-20H2,3H3/t21-,23?,24-,25+,26-,27?,31?/m1/s1. The normalized spacial score (nSPS) is 31.1.